The zero-order valence-electron chi connectivity index (χ0n) is 12.0. The molecule has 2 aromatic heterocycles. The largest absolute Gasteiger partial charge is 0.427 e. The van der Waals surface area contributed by atoms with Gasteiger partial charge in [-0.2, -0.15) is 0 Å². The maximum Gasteiger partial charge on any atom is 0.346 e. The number of benzene rings is 1. The summed E-state index contributed by atoms with van der Waals surface area (Å²) in [6.07, 6.45) is 2.96. The Labute approximate surface area is 117 Å². The fourth-order valence-electron chi connectivity index (χ4n) is 2.85. The third-order valence-electron chi connectivity index (χ3n) is 3.83. The predicted octanol–water partition coefficient (Wildman–Crippen LogP) is 4.11. The van der Waals surface area contributed by atoms with Crippen LogP contribution in [0.3, 0.4) is 0 Å². The lowest BCUT2D eigenvalue weighted by molar-refractivity contribution is 0.460. The lowest BCUT2D eigenvalue weighted by Crippen LogP contribution is -2.03. The molecule has 3 heteroatoms. The quantitative estimate of drug-likeness (QED) is 0.714. The molecule has 0 spiro atoms. The van der Waals surface area contributed by atoms with E-state index in [9.17, 15) is 4.79 Å². The summed E-state index contributed by atoms with van der Waals surface area (Å²) >= 11 is 0. The van der Waals surface area contributed by atoms with Crippen molar-refractivity contribution in [2.24, 2.45) is 0 Å². The van der Waals surface area contributed by atoms with Gasteiger partial charge in [0.15, 0.2) is 0 Å². The SMILES string of the molecule is CCCCc1cc2c(c(=O)o1)c1ccccc1n2CC. The molecule has 3 rings (SSSR count). The first kappa shape index (κ1) is 13.0. The van der Waals surface area contributed by atoms with Crippen LogP contribution < -0.4 is 5.63 Å². The summed E-state index contributed by atoms with van der Waals surface area (Å²) < 4.78 is 7.68. The Bertz CT molecular complexity index is 811. The third-order valence-corrected chi connectivity index (χ3v) is 3.83. The Morgan fingerprint density at radius 3 is 2.70 bits per heavy atom. The van der Waals surface area contributed by atoms with Crippen LogP contribution >= 0.6 is 0 Å². The van der Waals surface area contributed by atoms with E-state index in [1.54, 1.807) is 0 Å². The molecule has 3 aromatic rings. The molecule has 0 fully saturated rings. The van der Waals surface area contributed by atoms with E-state index in [2.05, 4.69) is 24.5 Å². The number of aryl methyl sites for hydroxylation is 2. The van der Waals surface area contributed by atoms with E-state index in [1.165, 1.54) is 0 Å². The second kappa shape index (κ2) is 5.16. The van der Waals surface area contributed by atoms with E-state index >= 15 is 0 Å². The first-order valence-electron chi connectivity index (χ1n) is 7.30. The number of nitrogens with zero attached hydrogens (tertiary/aromatic N) is 1. The van der Waals surface area contributed by atoms with Gasteiger partial charge in [0.25, 0.3) is 0 Å². The zero-order chi connectivity index (χ0) is 14.1. The minimum Gasteiger partial charge on any atom is -0.427 e. The Morgan fingerprint density at radius 2 is 1.95 bits per heavy atom. The minimum absolute atomic E-state index is 0.211. The van der Waals surface area contributed by atoms with Crippen LogP contribution in [0.1, 0.15) is 32.4 Å². The average Bonchev–Trinajstić information content (AvgIpc) is 2.79. The van der Waals surface area contributed by atoms with Gasteiger partial charge in [0.2, 0.25) is 0 Å². The molecule has 0 N–H and O–H groups in total. The molecule has 0 aliphatic carbocycles. The van der Waals surface area contributed by atoms with Gasteiger partial charge >= 0.3 is 5.63 Å². The van der Waals surface area contributed by atoms with Crippen LogP contribution in [0.4, 0.5) is 0 Å². The van der Waals surface area contributed by atoms with Crippen molar-refractivity contribution in [3.63, 3.8) is 0 Å². The van der Waals surface area contributed by atoms with Crippen LogP contribution in [0, 0.1) is 0 Å². The normalized spacial score (nSPS) is 11.5. The van der Waals surface area contributed by atoms with Crippen LogP contribution in [-0.2, 0) is 13.0 Å². The molecule has 104 valence electrons. The van der Waals surface area contributed by atoms with Crippen LogP contribution in [0.5, 0.6) is 0 Å². The van der Waals surface area contributed by atoms with Crippen molar-refractivity contribution in [1.29, 1.82) is 0 Å². The third kappa shape index (κ3) is 1.94. The Kier molecular flexibility index (Phi) is 3.35. The van der Waals surface area contributed by atoms with Crippen molar-refractivity contribution >= 4 is 21.8 Å². The van der Waals surface area contributed by atoms with Gasteiger partial charge in [-0.1, -0.05) is 31.5 Å². The summed E-state index contributed by atoms with van der Waals surface area (Å²) in [5.41, 5.74) is 1.89. The van der Waals surface area contributed by atoms with E-state index < -0.39 is 0 Å². The van der Waals surface area contributed by atoms with Gasteiger partial charge in [0, 0.05) is 29.9 Å². The standard InChI is InChI=1S/C17H19NO2/c1-3-5-8-12-11-15-16(17(19)20-12)13-9-6-7-10-14(13)18(15)4-2/h6-7,9-11H,3-5,8H2,1-2H3. The van der Waals surface area contributed by atoms with Gasteiger partial charge in [-0.25, -0.2) is 4.79 Å². The van der Waals surface area contributed by atoms with E-state index in [-0.39, 0.29) is 5.63 Å². The summed E-state index contributed by atoms with van der Waals surface area (Å²) in [4.78, 5) is 12.3. The van der Waals surface area contributed by atoms with Gasteiger partial charge in [-0.3, -0.25) is 0 Å². The second-order valence-corrected chi connectivity index (χ2v) is 5.13. The summed E-state index contributed by atoms with van der Waals surface area (Å²) in [5, 5.41) is 1.70. The zero-order valence-corrected chi connectivity index (χ0v) is 12.0. The van der Waals surface area contributed by atoms with E-state index in [1.807, 2.05) is 24.3 Å². The topological polar surface area (TPSA) is 35.1 Å². The van der Waals surface area contributed by atoms with Crippen molar-refractivity contribution < 1.29 is 4.42 Å². The molecule has 0 unspecified atom stereocenters. The Balaban J connectivity index is 2.35. The lowest BCUT2D eigenvalue weighted by Gasteiger charge is -2.04. The van der Waals surface area contributed by atoms with Crippen LogP contribution in [0.2, 0.25) is 0 Å². The second-order valence-electron chi connectivity index (χ2n) is 5.13. The van der Waals surface area contributed by atoms with Gasteiger partial charge in [-0.15, -0.1) is 0 Å². The smallest absolute Gasteiger partial charge is 0.346 e. The van der Waals surface area contributed by atoms with Gasteiger partial charge in [0.05, 0.1) is 10.9 Å². The molecular weight excluding hydrogens is 250 g/mol. The van der Waals surface area contributed by atoms with E-state index in [0.29, 0.717) is 5.39 Å². The first-order valence-corrected chi connectivity index (χ1v) is 7.30. The van der Waals surface area contributed by atoms with Crippen molar-refractivity contribution in [3.8, 4) is 0 Å². The maximum absolute atomic E-state index is 12.3. The monoisotopic (exact) mass is 269 g/mol. The fourth-order valence-corrected chi connectivity index (χ4v) is 2.85. The molecule has 0 saturated heterocycles. The Hall–Kier alpha value is -2.03. The molecule has 2 heterocycles. The van der Waals surface area contributed by atoms with E-state index in [4.69, 9.17) is 4.42 Å². The number of rotatable bonds is 4. The van der Waals surface area contributed by atoms with Gasteiger partial charge in [0.1, 0.15) is 5.76 Å². The predicted molar refractivity (Wildman–Crippen MR) is 82.3 cm³/mol. The van der Waals surface area contributed by atoms with Crippen molar-refractivity contribution in [3.05, 3.63) is 46.5 Å². The molecule has 3 nitrogen and oxygen atoms in total. The molecule has 0 bridgehead atoms. The molecule has 20 heavy (non-hydrogen) atoms. The molecule has 0 saturated carbocycles. The highest BCUT2D eigenvalue weighted by Gasteiger charge is 2.14. The highest BCUT2D eigenvalue weighted by atomic mass is 16.4. The molecule has 0 aliphatic rings. The molecular formula is C17H19NO2. The number of fused-ring (bicyclic) bond motifs is 3. The number of para-hydroxylation sites is 1. The summed E-state index contributed by atoms with van der Waals surface area (Å²) in [6.45, 7) is 5.09. The molecule has 0 atom stereocenters. The number of hydrogen-bond acceptors (Lipinski definition) is 2. The maximum atomic E-state index is 12.3. The van der Waals surface area contributed by atoms with Crippen LogP contribution in [0.25, 0.3) is 21.8 Å². The number of aromatic nitrogens is 1. The number of hydrogen-bond donors (Lipinski definition) is 0. The number of unbranched alkanes of at least 4 members (excludes halogenated alkanes) is 1. The molecule has 0 amide bonds. The first-order chi connectivity index (χ1) is 9.76. The highest BCUT2D eigenvalue weighted by Crippen LogP contribution is 2.27. The van der Waals surface area contributed by atoms with Crippen molar-refractivity contribution in [2.75, 3.05) is 0 Å². The van der Waals surface area contributed by atoms with Crippen LogP contribution in [-0.4, -0.2) is 4.57 Å². The average molecular weight is 269 g/mol. The molecule has 0 radical (unpaired) electrons. The lowest BCUT2D eigenvalue weighted by atomic mass is 10.1. The van der Waals surface area contributed by atoms with Gasteiger partial charge < -0.3 is 8.98 Å². The Morgan fingerprint density at radius 1 is 1.15 bits per heavy atom. The highest BCUT2D eigenvalue weighted by molar-refractivity contribution is 6.07. The summed E-state index contributed by atoms with van der Waals surface area (Å²) in [6, 6.07) is 10.1. The molecule has 1 aromatic carbocycles. The van der Waals surface area contributed by atoms with Crippen LogP contribution in [0.15, 0.2) is 39.5 Å². The van der Waals surface area contributed by atoms with Crippen molar-refractivity contribution in [1.82, 2.24) is 4.57 Å². The summed E-state index contributed by atoms with van der Waals surface area (Å²) in [7, 11) is 0. The van der Waals surface area contributed by atoms with E-state index in [0.717, 1.165) is 48.0 Å². The summed E-state index contributed by atoms with van der Waals surface area (Å²) in [5.74, 6) is 0.793. The van der Waals surface area contributed by atoms with Crippen molar-refractivity contribution in [2.45, 2.75) is 39.7 Å². The molecule has 0 aliphatic heterocycles. The fraction of sp³-hybridized carbons (Fsp3) is 0.353. The van der Waals surface area contributed by atoms with Gasteiger partial charge in [-0.05, 0) is 19.4 Å². The minimum atomic E-state index is -0.211.